The number of amides is 1. The molecule has 1 amide bonds. The topological polar surface area (TPSA) is 57.6 Å². The van der Waals surface area contributed by atoms with E-state index in [1.165, 1.54) is 11.8 Å². The minimum atomic E-state index is -0.824. The van der Waals surface area contributed by atoms with E-state index in [9.17, 15) is 9.59 Å². The lowest BCUT2D eigenvalue weighted by atomic mass is 9.82. The molecule has 0 aromatic rings. The third-order valence-corrected chi connectivity index (χ3v) is 2.04. The molecule has 0 unspecified atom stereocenters. The lowest BCUT2D eigenvalue weighted by Gasteiger charge is -2.44. The molecular formula is C7H11NO3. The summed E-state index contributed by atoms with van der Waals surface area (Å²) in [6.07, 6.45) is 0. The molecule has 11 heavy (non-hydrogen) atoms. The van der Waals surface area contributed by atoms with Gasteiger partial charge in [0.25, 0.3) is 0 Å². The van der Waals surface area contributed by atoms with Gasteiger partial charge in [-0.2, -0.15) is 0 Å². The van der Waals surface area contributed by atoms with Crippen LogP contribution in [0.15, 0.2) is 0 Å². The molecule has 62 valence electrons. The fourth-order valence-corrected chi connectivity index (χ4v) is 1.15. The van der Waals surface area contributed by atoms with E-state index in [4.69, 9.17) is 5.11 Å². The van der Waals surface area contributed by atoms with E-state index in [2.05, 4.69) is 0 Å². The van der Waals surface area contributed by atoms with Crippen LogP contribution < -0.4 is 0 Å². The van der Waals surface area contributed by atoms with Crippen molar-refractivity contribution in [1.29, 1.82) is 0 Å². The number of hydrogen-bond donors (Lipinski definition) is 1. The lowest BCUT2D eigenvalue weighted by Crippen LogP contribution is -2.60. The molecule has 1 aliphatic rings. The Balaban J connectivity index is 2.50. The standard InChI is InChI=1S/C7H11NO3/c1-5(9)8-3-7(2,4-8)6(10)11/h3-4H2,1-2H3,(H,10,11). The summed E-state index contributed by atoms with van der Waals surface area (Å²) in [7, 11) is 0. The van der Waals surface area contributed by atoms with Crippen molar-refractivity contribution in [3.05, 3.63) is 0 Å². The first-order valence-electron chi connectivity index (χ1n) is 3.45. The molecule has 1 N–H and O–H groups in total. The first-order chi connectivity index (χ1) is 4.96. The Labute approximate surface area is 64.8 Å². The van der Waals surface area contributed by atoms with Gasteiger partial charge in [-0.15, -0.1) is 0 Å². The van der Waals surface area contributed by atoms with Crippen LogP contribution in [0.4, 0.5) is 0 Å². The van der Waals surface area contributed by atoms with Gasteiger partial charge in [0.15, 0.2) is 0 Å². The molecule has 0 saturated carbocycles. The number of carboxylic acids is 1. The normalized spacial score (nSPS) is 20.7. The van der Waals surface area contributed by atoms with Crippen molar-refractivity contribution in [2.24, 2.45) is 5.41 Å². The van der Waals surface area contributed by atoms with E-state index < -0.39 is 11.4 Å². The number of rotatable bonds is 1. The minimum absolute atomic E-state index is 0.0521. The maximum atomic E-state index is 10.7. The first-order valence-corrected chi connectivity index (χ1v) is 3.45. The molecule has 1 fully saturated rings. The Hall–Kier alpha value is -1.06. The zero-order valence-electron chi connectivity index (χ0n) is 6.63. The fraction of sp³-hybridized carbons (Fsp3) is 0.714. The SMILES string of the molecule is CC(=O)N1CC(C)(C(=O)O)C1. The second-order valence-corrected chi connectivity index (χ2v) is 3.24. The number of carbonyl (C=O) groups is 2. The average Bonchev–Trinajstić information content (AvgIpc) is 1.79. The van der Waals surface area contributed by atoms with Gasteiger partial charge in [-0.25, -0.2) is 0 Å². The van der Waals surface area contributed by atoms with Crippen LogP contribution >= 0.6 is 0 Å². The Morgan fingerprint density at radius 2 is 1.91 bits per heavy atom. The van der Waals surface area contributed by atoms with Crippen LogP contribution in [0.1, 0.15) is 13.8 Å². The van der Waals surface area contributed by atoms with Gasteiger partial charge in [0, 0.05) is 20.0 Å². The first kappa shape index (κ1) is 8.04. The number of nitrogens with zero attached hydrogens (tertiary/aromatic N) is 1. The second kappa shape index (κ2) is 2.22. The summed E-state index contributed by atoms with van der Waals surface area (Å²) < 4.78 is 0. The van der Waals surface area contributed by atoms with Crippen LogP contribution in [-0.2, 0) is 9.59 Å². The molecule has 0 bridgehead atoms. The Bertz CT molecular complexity index is 206. The summed E-state index contributed by atoms with van der Waals surface area (Å²) in [5.41, 5.74) is -0.703. The molecule has 0 atom stereocenters. The van der Waals surface area contributed by atoms with E-state index in [-0.39, 0.29) is 5.91 Å². The number of carbonyl (C=O) groups excluding carboxylic acids is 1. The molecule has 0 aromatic heterocycles. The number of carboxylic acid groups (broad SMARTS) is 1. The summed E-state index contributed by atoms with van der Waals surface area (Å²) >= 11 is 0. The van der Waals surface area contributed by atoms with Crippen LogP contribution in [0.25, 0.3) is 0 Å². The number of likely N-dealkylation sites (tertiary alicyclic amines) is 1. The molecule has 4 heteroatoms. The molecular weight excluding hydrogens is 146 g/mol. The zero-order chi connectivity index (χ0) is 8.65. The van der Waals surface area contributed by atoms with Gasteiger partial charge in [-0.1, -0.05) is 0 Å². The highest BCUT2D eigenvalue weighted by molar-refractivity contribution is 5.81. The molecule has 0 aromatic carbocycles. The molecule has 4 nitrogen and oxygen atoms in total. The second-order valence-electron chi connectivity index (χ2n) is 3.24. The molecule has 1 rings (SSSR count). The van der Waals surface area contributed by atoms with E-state index in [1.54, 1.807) is 6.92 Å². The van der Waals surface area contributed by atoms with Crippen molar-refractivity contribution < 1.29 is 14.7 Å². The largest absolute Gasteiger partial charge is 0.481 e. The fourth-order valence-electron chi connectivity index (χ4n) is 1.15. The maximum absolute atomic E-state index is 10.7. The molecule has 1 aliphatic heterocycles. The summed E-state index contributed by atoms with van der Waals surface area (Å²) in [5.74, 6) is -0.876. The molecule has 0 aliphatic carbocycles. The Morgan fingerprint density at radius 1 is 1.45 bits per heavy atom. The zero-order valence-corrected chi connectivity index (χ0v) is 6.63. The smallest absolute Gasteiger partial charge is 0.312 e. The summed E-state index contributed by atoms with van der Waals surface area (Å²) in [4.78, 5) is 22.7. The van der Waals surface area contributed by atoms with Gasteiger partial charge in [0.05, 0.1) is 5.41 Å². The third kappa shape index (κ3) is 1.20. The maximum Gasteiger partial charge on any atom is 0.312 e. The lowest BCUT2D eigenvalue weighted by molar-refractivity contribution is -0.163. The van der Waals surface area contributed by atoms with Crippen LogP contribution in [0.5, 0.6) is 0 Å². The van der Waals surface area contributed by atoms with Gasteiger partial charge < -0.3 is 10.0 Å². The van der Waals surface area contributed by atoms with Crippen LogP contribution in [0, 0.1) is 5.41 Å². The molecule has 0 spiro atoms. The Morgan fingerprint density at radius 3 is 2.18 bits per heavy atom. The predicted molar refractivity (Wildman–Crippen MR) is 38.0 cm³/mol. The van der Waals surface area contributed by atoms with E-state index in [1.807, 2.05) is 0 Å². The van der Waals surface area contributed by atoms with Crippen molar-refractivity contribution in [2.45, 2.75) is 13.8 Å². The van der Waals surface area contributed by atoms with Gasteiger partial charge in [-0.3, -0.25) is 9.59 Å². The van der Waals surface area contributed by atoms with Crippen LogP contribution in [0.2, 0.25) is 0 Å². The highest BCUT2D eigenvalue weighted by atomic mass is 16.4. The quantitative estimate of drug-likeness (QED) is 0.580. The third-order valence-electron chi connectivity index (χ3n) is 2.04. The minimum Gasteiger partial charge on any atom is -0.481 e. The summed E-state index contributed by atoms with van der Waals surface area (Å²) in [6, 6.07) is 0. The monoisotopic (exact) mass is 157 g/mol. The van der Waals surface area contributed by atoms with E-state index >= 15 is 0 Å². The summed E-state index contributed by atoms with van der Waals surface area (Å²) in [5, 5.41) is 8.65. The summed E-state index contributed by atoms with van der Waals surface area (Å²) in [6.45, 7) is 3.78. The van der Waals surface area contributed by atoms with Crippen molar-refractivity contribution >= 4 is 11.9 Å². The highest BCUT2D eigenvalue weighted by Crippen LogP contribution is 2.29. The van der Waals surface area contributed by atoms with Gasteiger partial charge in [0.2, 0.25) is 5.91 Å². The van der Waals surface area contributed by atoms with Gasteiger partial charge in [-0.05, 0) is 6.92 Å². The number of hydrogen-bond acceptors (Lipinski definition) is 2. The van der Waals surface area contributed by atoms with Crippen molar-refractivity contribution in [1.82, 2.24) is 4.90 Å². The Kier molecular flexibility index (Phi) is 1.62. The van der Waals surface area contributed by atoms with Gasteiger partial charge in [0.1, 0.15) is 0 Å². The van der Waals surface area contributed by atoms with Gasteiger partial charge >= 0.3 is 5.97 Å². The van der Waals surface area contributed by atoms with Crippen LogP contribution in [-0.4, -0.2) is 35.0 Å². The number of aliphatic carboxylic acids is 1. The van der Waals surface area contributed by atoms with Crippen LogP contribution in [0.3, 0.4) is 0 Å². The van der Waals surface area contributed by atoms with Crippen molar-refractivity contribution in [3.63, 3.8) is 0 Å². The molecule has 1 saturated heterocycles. The average molecular weight is 157 g/mol. The van der Waals surface area contributed by atoms with E-state index in [0.717, 1.165) is 0 Å². The van der Waals surface area contributed by atoms with Crippen molar-refractivity contribution in [2.75, 3.05) is 13.1 Å². The van der Waals surface area contributed by atoms with Crippen molar-refractivity contribution in [3.8, 4) is 0 Å². The highest BCUT2D eigenvalue weighted by Gasteiger charge is 2.46. The predicted octanol–water partition coefficient (Wildman–Crippen LogP) is -0.0606. The molecule has 0 radical (unpaired) electrons. The van der Waals surface area contributed by atoms with E-state index in [0.29, 0.717) is 13.1 Å². The molecule has 1 heterocycles.